The maximum Gasteiger partial charge on any atom is 0.151 e. The molecule has 0 aromatic rings. The van der Waals surface area contributed by atoms with E-state index in [0.717, 1.165) is 0 Å². The van der Waals surface area contributed by atoms with Gasteiger partial charge in [-0.25, -0.2) is 8.42 Å². The van der Waals surface area contributed by atoms with Crippen LogP contribution in [0.15, 0.2) is 0 Å². The molecule has 1 atom stereocenters. The van der Waals surface area contributed by atoms with E-state index in [1.54, 1.807) is 0 Å². The number of hydrogen-bond acceptors (Lipinski definition) is 3. The van der Waals surface area contributed by atoms with Crippen LogP contribution < -0.4 is 5.73 Å². The zero-order valence-electron chi connectivity index (χ0n) is 8.48. The second kappa shape index (κ2) is 3.81. The maximum absolute atomic E-state index is 11.0. The standard InChI is InChI=1S/C10H19NO2S/c11-10(8-4-2-1-3-5-8)9-6-14(12,13)7-9/h8-10H,1-7,11H2. The van der Waals surface area contributed by atoms with E-state index in [-0.39, 0.29) is 12.0 Å². The molecular formula is C10H19NO2S. The first-order chi connectivity index (χ1) is 6.58. The predicted molar refractivity (Wildman–Crippen MR) is 56.7 cm³/mol. The Morgan fingerprint density at radius 3 is 2.07 bits per heavy atom. The first-order valence-electron chi connectivity index (χ1n) is 5.54. The molecule has 2 aliphatic rings. The largest absolute Gasteiger partial charge is 0.327 e. The highest BCUT2D eigenvalue weighted by molar-refractivity contribution is 7.92. The van der Waals surface area contributed by atoms with Crippen LogP contribution in [0, 0.1) is 11.8 Å². The molecule has 0 radical (unpaired) electrons. The summed E-state index contributed by atoms with van der Waals surface area (Å²) in [5, 5.41) is 0. The average molecular weight is 217 g/mol. The number of hydrogen-bond donors (Lipinski definition) is 1. The molecule has 1 aliphatic heterocycles. The monoisotopic (exact) mass is 217 g/mol. The Bertz CT molecular complexity index is 281. The lowest BCUT2D eigenvalue weighted by Gasteiger charge is -2.37. The summed E-state index contributed by atoms with van der Waals surface area (Å²) in [4.78, 5) is 0. The second-order valence-corrected chi connectivity index (χ2v) is 6.97. The van der Waals surface area contributed by atoms with Crippen molar-refractivity contribution in [3.8, 4) is 0 Å². The minimum Gasteiger partial charge on any atom is -0.327 e. The van der Waals surface area contributed by atoms with Gasteiger partial charge in [0, 0.05) is 12.0 Å². The molecule has 0 aromatic carbocycles. The molecule has 0 amide bonds. The lowest BCUT2D eigenvalue weighted by Crippen LogP contribution is -2.51. The Labute approximate surface area is 86.0 Å². The lowest BCUT2D eigenvalue weighted by molar-refractivity contribution is 0.256. The van der Waals surface area contributed by atoms with Gasteiger partial charge in [0.05, 0.1) is 11.5 Å². The SMILES string of the molecule is NC(C1CCCCC1)C1CS(=O)(=O)C1. The average Bonchev–Trinajstić information content (AvgIpc) is 2.14. The van der Waals surface area contributed by atoms with E-state index in [9.17, 15) is 8.42 Å². The predicted octanol–water partition coefficient (Wildman–Crippen LogP) is 0.939. The third-order valence-corrected chi connectivity index (χ3v) is 5.55. The Morgan fingerprint density at radius 2 is 1.57 bits per heavy atom. The molecule has 0 spiro atoms. The van der Waals surface area contributed by atoms with E-state index in [1.807, 2.05) is 0 Å². The Morgan fingerprint density at radius 1 is 1.00 bits per heavy atom. The van der Waals surface area contributed by atoms with Crippen LogP contribution in [0.5, 0.6) is 0 Å². The van der Waals surface area contributed by atoms with Gasteiger partial charge in [0.25, 0.3) is 0 Å². The van der Waals surface area contributed by atoms with Gasteiger partial charge in [-0.05, 0) is 18.8 Å². The van der Waals surface area contributed by atoms with Gasteiger partial charge in [0.15, 0.2) is 9.84 Å². The van der Waals surface area contributed by atoms with E-state index in [1.165, 1.54) is 32.1 Å². The Hall–Kier alpha value is -0.0900. The van der Waals surface area contributed by atoms with Gasteiger partial charge in [-0.1, -0.05) is 19.3 Å². The summed E-state index contributed by atoms with van der Waals surface area (Å²) >= 11 is 0. The van der Waals surface area contributed by atoms with Crippen LogP contribution in [0.2, 0.25) is 0 Å². The van der Waals surface area contributed by atoms with Gasteiger partial charge in [-0.15, -0.1) is 0 Å². The van der Waals surface area contributed by atoms with Crippen molar-refractivity contribution in [2.75, 3.05) is 11.5 Å². The zero-order valence-corrected chi connectivity index (χ0v) is 9.30. The molecular weight excluding hydrogens is 198 g/mol. The molecule has 3 nitrogen and oxygen atoms in total. The molecule has 1 saturated heterocycles. The van der Waals surface area contributed by atoms with Gasteiger partial charge in [-0.3, -0.25) is 0 Å². The fraction of sp³-hybridized carbons (Fsp3) is 1.00. The molecule has 0 bridgehead atoms. The number of rotatable bonds is 2. The molecule has 14 heavy (non-hydrogen) atoms. The highest BCUT2D eigenvalue weighted by Gasteiger charge is 2.40. The molecule has 1 unspecified atom stereocenters. The fourth-order valence-electron chi connectivity index (χ4n) is 2.73. The Balaban J connectivity index is 1.86. The smallest absolute Gasteiger partial charge is 0.151 e. The quantitative estimate of drug-likeness (QED) is 0.749. The van der Waals surface area contributed by atoms with Gasteiger partial charge in [0.2, 0.25) is 0 Å². The minimum absolute atomic E-state index is 0.138. The normalized spacial score (nSPS) is 30.9. The van der Waals surface area contributed by atoms with Crippen molar-refractivity contribution in [3.63, 3.8) is 0 Å². The van der Waals surface area contributed by atoms with Crippen molar-refractivity contribution >= 4 is 9.84 Å². The zero-order chi connectivity index (χ0) is 10.2. The van der Waals surface area contributed by atoms with Crippen LogP contribution in [0.3, 0.4) is 0 Å². The Kier molecular flexibility index (Phi) is 2.84. The molecule has 0 aromatic heterocycles. The van der Waals surface area contributed by atoms with Gasteiger partial charge < -0.3 is 5.73 Å². The van der Waals surface area contributed by atoms with Crippen molar-refractivity contribution in [1.29, 1.82) is 0 Å². The maximum atomic E-state index is 11.0. The summed E-state index contributed by atoms with van der Waals surface area (Å²) in [5.41, 5.74) is 6.11. The van der Waals surface area contributed by atoms with Crippen LogP contribution in [-0.2, 0) is 9.84 Å². The van der Waals surface area contributed by atoms with Crippen molar-refractivity contribution in [3.05, 3.63) is 0 Å². The highest BCUT2D eigenvalue weighted by Crippen LogP contribution is 2.32. The van der Waals surface area contributed by atoms with Gasteiger partial charge in [0.1, 0.15) is 0 Å². The van der Waals surface area contributed by atoms with E-state index in [0.29, 0.717) is 17.4 Å². The van der Waals surface area contributed by atoms with Crippen LogP contribution in [0.25, 0.3) is 0 Å². The lowest BCUT2D eigenvalue weighted by atomic mass is 9.80. The van der Waals surface area contributed by atoms with Gasteiger partial charge in [-0.2, -0.15) is 0 Å². The molecule has 1 saturated carbocycles. The number of sulfone groups is 1. The van der Waals surface area contributed by atoms with Crippen LogP contribution in [-0.4, -0.2) is 26.0 Å². The number of nitrogens with two attached hydrogens (primary N) is 1. The molecule has 4 heteroatoms. The molecule has 1 heterocycles. The van der Waals surface area contributed by atoms with E-state index in [4.69, 9.17) is 5.73 Å². The van der Waals surface area contributed by atoms with Crippen molar-refractivity contribution in [1.82, 2.24) is 0 Å². The summed E-state index contributed by atoms with van der Waals surface area (Å²) in [6.07, 6.45) is 6.29. The summed E-state index contributed by atoms with van der Waals surface area (Å²) in [7, 11) is -2.69. The third kappa shape index (κ3) is 2.11. The molecule has 1 aliphatic carbocycles. The summed E-state index contributed by atoms with van der Waals surface area (Å²) in [5.74, 6) is 1.52. The highest BCUT2D eigenvalue weighted by atomic mass is 32.2. The molecule has 2 N–H and O–H groups in total. The molecule has 2 fully saturated rings. The third-order valence-electron chi connectivity index (χ3n) is 3.67. The minimum atomic E-state index is -2.69. The van der Waals surface area contributed by atoms with Crippen LogP contribution >= 0.6 is 0 Å². The van der Waals surface area contributed by atoms with Crippen molar-refractivity contribution in [2.45, 2.75) is 38.1 Å². The second-order valence-electron chi connectivity index (χ2n) is 4.81. The van der Waals surface area contributed by atoms with Crippen molar-refractivity contribution < 1.29 is 8.42 Å². The van der Waals surface area contributed by atoms with Crippen molar-refractivity contribution in [2.24, 2.45) is 17.6 Å². The van der Waals surface area contributed by atoms with E-state index >= 15 is 0 Å². The summed E-state index contributed by atoms with van der Waals surface area (Å²) in [6, 6.07) is 0.138. The van der Waals surface area contributed by atoms with E-state index < -0.39 is 9.84 Å². The van der Waals surface area contributed by atoms with Gasteiger partial charge >= 0.3 is 0 Å². The molecule has 2 rings (SSSR count). The van der Waals surface area contributed by atoms with Crippen LogP contribution in [0.4, 0.5) is 0 Å². The topological polar surface area (TPSA) is 60.2 Å². The van der Waals surface area contributed by atoms with Crippen LogP contribution in [0.1, 0.15) is 32.1 Å². The summed E-state index contributed by atoms with van der Waals surface area (Å²) in [6.45, 7) is 0. The molecule has 82 valence electrons. The first-order valence-corrected chi connectivity index (χ1v) is 7.37. The van der Waals surface area contributed by atoms with E-state index in [2.05, 4.69) is 0 Å². The fourth-order valence-corrected chi connectivity index (χ4v) is 4.38. The first kappa shape index (κ1) is 10.4. The summed E-state index contributed by atoms with van der Waals surface area (Å²) < 4.78 is 22.1.